The molecule has 1 aliphatic rings. The Morgan fingerprint density at radius 3 is 3.10 bits per heavy atom. The van der Waals surface area contributed by atoms with Crippen molar-refractivity contribution in [2.75, 3.05) is 6.54 Å². The average Bonchev–Trinajstić information content (AvgIpc) is 3.01. The van der Waals surface area contributed by atoms with Crippen molar-refractivity contribution >= 4 is 21.4 Å². The lowest BCUT2D eigenvalue weighted by atomic mass is 9.96. The second kappa shape index (κ2) is 5.84. The zero-order valence-electron chi connectivity index (χ0n) is 11.7. The molecule has 2 aromatic heterocycles. The summed E-state index contributed by atoms with van der Waals surface area (Å²) in [6.07, 6.45) is 2.79. The molecule has 0 aromatic carbocycles. The van der Waals surface area contributed by atoms with Gasteiger partial charge in [0.15, 0.2) is 0 Å². The third kappa shape index (κ3) is 3.01. The standard InChI is InChI=1S/C14H17N3O2S2/c1-10-13(12-4-5-15-7-11(12)8-16-10)9-17-21(18,19)14-3-2-6-20-14/h2-3,6,8,15,17H,4-5,7,9H2,1H3. The lowest BCUT2D eigenvalue weighted by Gasteiger charge is -2.21. The number of sulfonamides is 1. The Morgan fingerprint density at radius 2 is 2.33 bits per heavy atom. The smallest absolute Gasteiger partial charge is 0.250 e. The number of nitrogens with zero attached hydrogens (tertiary/aromatic N) is 1. The van der Waals surface area contributed by atoms with E-state index >= 15 is 0 Å². The molecule has 0 saturated carbocycles. The monoisotopic (exact) mass is 323 g/mol. The first-order valence-corrected chi connectivity index (χ1v) is 9.14. The molecule has 0 aliphatic carbocycles. The highest BCUT2D eigenvalue weighted by molar-refractivity contribution is 7.91. The van der Waals surface area contributed by atoms with Crippen LogP contribution in [-0.2, 0) is 29.5 Å². The number of pyridine rings is 1. The summed E-state index contributed by atoms with van der Waals surface area (Å²) < 4.78 is 27.5. The highest BCUT2D eigenvalue weighted by Crippen LogP contribution is 2.22. The summed E-state index contributed by atoms with van der Waals surface area (Å²) in [6.45, 7) is 3.94. The number of hydrogen-bond acceptors (Lipinski definition) is 5. The fourth-order valence-electron chi connectivity index (χ4n) is 2.53. The molecule has 3 heterocycles. The molecule has 1 aliphatic heterocycles. The van der Waals surface area contributed by atoms with Gasteiger partial charge in [0.1, 0.15) is 4.21 Å². The van der Waals surface area contributed by atoms with Crippen LogP contribution in [0.15, 0.2) is 27.9 Å². The summed E-state index contributed by atoms with van der Waals surface area (Å²) in [4.78, 5) is 4.38. The van der Waals surface area contributed by atoms with Crippen LogP contribution in [0.4, 0.5) is 0 Å². The molecule has 0 amide bonds. The van der Waals surface area contributed by atoms with Gasteiger partial charge in [0.05, 0.1) is 0 Å². The van der Waals surface area contributed by atoms with Gasteiger partial charge in [0, 0.05) is 25.0 Å². The Bertz CT molecular complexity index is 740. The molecule has 3 rings (SSSR count). The first kappa shape index (κ1) is 14.6. The van der Waals surface area contributed by atoms with E-state index in [0.29, 0.717) is 10.8 Å². The van der Waals surface area contributed by atoms with E-state index in [2.05, 4.69) is 15.0 Å². The molecule has 0 unspecified atom stereocenters. The Balaban J connectivity index is 1.86. The highest BCUT2D eigenvalue weighted by Gasteiger charge is 2.19. The van der Waals surface area contributed by atoms with E-state index in [0.717, 1.165) is 36.3 Å². The molecular formula is C14H17N3O2S2. The topological polar surface area (TPSA) is 71.1 Å². The summed E-state index contributed by atoms with van der Waals surface area (Å²) >= 11 is 1.22. The van der Waals surface area contributed by atoms with E-state index in [1.54, 1.807) is 17.5 Å². The maximum Gasteiger partial charge on any atom is 0.250 e. The minimum absolute atomic E-state index is 0.294. The predicted octanol–water partition coefficient (Wildman–Crippen LogP) is 1.58. The van der Waals surface area contributed by atoms with Crippen molar-refractivity contribution in [2.24, 2.45) is 0 Å². The Morgan fingerprint density at radius 1 is 1.48 bits per heavy atom. The van der Waals surface area contributed by atoms with Gasteiger partial charge < -0.3 is 5.32 Å². The molecule has 21 heavy (non-hydrogen) atoms. The van der Waals surface area contributed by atoms with Crippen LogP contribution in [0.25, 0.3) is 0 Å². The van der Waals surface area contributed by atoms with Crippen molar-refractivity contribution in [1.82, 2.24) is 15.0 Å². The molecule has 0 fully saturated rings. The van der Waals surface area contributed by atoms with Crippen LogP contribution in [0.1, 0.15) is 22.4 Å². The van der Waals surface area contributed by atoms with Crippen LogP contribution in [-0.4, -0.2) is 19.9 Å². The van der Waals surface area contributed by atoms with Crippen LogP contribution in [0.3, 0.4) is 0 Å². The van der Waals surface area contributed by atoms with E-state index < -0.39 is 10.0 Å². The highest BCUT2D eigenvalue weighted by atomic mass is 32.2. The minimum Gasteiger partial charge on any atom is -0.312 e. The van der Waals surface area contributed by atoms with Crippen molar-refractivity contribution < 1.29 is 8.42 Å². The maximum atomic E-state index is 12.2. The van der Waals surface area contributed by atoms with Crippen LogP contribution in [0.2, 0.25) is 0 Å². The van der Waals surface area contributed by atoms with E-state index in [9.17, 15) is 8.42 Å². The van der Waals surface area contributed by atoms with Crippen molar-refractivity contribution in [2.45, 2.75) is 30.6 Å². The number of nitrogens with one attached hydrogen (secondary N) is 2. The zero-order valence-corrected chi connectivity index (χ0v) is 13.4. The number of aromatic nitrogens is 1. The van der Waals surface area contributed by atoms with Crippen molar-refractivity contribution in [1.29, 1.82) is 0 Å². The van der Waals surface area contributed by atoms with Gasteiger partial charge in [-0.2, -0.15) is 0 Å². The molecule has 0 radical (unpaired) electrons. The second-order valence-corrected chi connectivity index (χ2v) is 7.95. The van der Waals surface area contributed by atoms with E-state index in [-0.39, 0.29) is 0 Å². The first-order valence-electron chi connectivity index (χ1n) is 6.78. The van der Waals surface area contributed by atoms with Crippen molar-refractivity contribution in [3.8, 4) is 0 Å². The maximum absolute atomic E-state index is 12.2. The third-order valence-corrected chi connectivity index (χ3v) is 6.47. The average molecular weight is 323 g/mol. The largest absolute Gasteiger partial charge is 0.312 e. The van der Waals surface area contributed by atoms with Gasteiger partial charge in [-0.05, 0) is 48.0 Å². The quantitative estimate of drug-likeness (QED) is 0.896. The van der Waals surface area contributed by atoms with Crippen LogP contribution in [0.5, 0.6) is 0 Å². The summed E-state index contributed by atoms with van der Waals surface area (Å²) in [5.41, 5.74) is 4.30. The number of rotatable bonds is 4. The second-order valence-electron chi connectivity index (χ2n) is 5.01. The number of thiophene rings is 1. The SMILES string of the molecule is Cc1ncc2c(c1CNS(=O)(=O)c1cccs1)CCNC2. The van der Waals surface area contributed by atoms with E-state index in [1.807, 2.05) is 13.1 Å². The van der Waals surface area contributed by atoms with Gasteiger partial charge in [0.25, 0.3) is 0 Å². The van der Waals surface area contributed by atoms with Crippen molar-refractivity contribution in [3.63, 3.8) is 0 Å². The lowest BCUT2D eigenvalue weighted by molar-refractivity contribution is 0.581. The van der Waals surface area contributed by atoms with Gasteiger partial charge in [-0.15, -0.1) is 11.3 Å². The molecule has 0 saturated heterocycles. The molecule has 5 nitrogen and oxygen atoms in total. The minimum atomic E-state index is -3.43. The number of aryl methyl sites for hydroxylation is 1. The van der Waals surface area contributed by atoms with Crippen LogP contribution in [0, 0.1) is 6.92 Å². The Labute approximate surface area is 128 Å². The Kier molecular flexibility index (Phi) is 4.08. The number of hydrogen-bond donors (Lipinski definition) is 2. The van der Waals surface area contributed by atoms with Crippen molar-refractivity contribution in [3.05, 3.63) is 46.1 Å². The molecule has 2 aromatic rings. The summed E-state index contributed by atoms with van der Waals surface area (Å²) in [6, 6.07) is 3.35. The summed E-state index contributed by atoms with van der Waals surface area (Å²) in [5, 5.41) is 5.07. The fourth-order valence-corrected chi connectivity index (χ4v) is 4.57. The number of fused-ring (bicyclic) bond motifs is 1. The van der Waals surface area contributed by atoms with Gasteiger partial charge in [-0.3, -0.25) is 4.98 Å². The molecule has 2 N–H and O–H groups in total. The van der Waals surface area contributed by atoms with Gasteiger partial charge >= 0.3 is 0 Å². The lowest BCUT2D eigenvalue weighted by Crippen LogP contribution is -2.28. The first-order chi connectivity index (χ1) is 10.1. The molecule has 0 spiro atoms. The molecule has 7 heteroatoms. The molecule has 0 atom stereocenters. The van der Waals surface area contributed by atoms with Crippen LogP contribution >= 0.6 is 11.3 Å². The van der Waals surface area contributed by atoms with E-state index in [1.165, 1.54) is 16.9 Å². The fraction of sp³-hybridized carbons (Fsp3) is 0.357. The van der Waals surface area contributed by atoms with Gasteiger partial charge in [-0.25, -0.2) is 13.1 Å². The molecule has 0 bridgehead atoms. The van der Waals surface area contributed by atoms with Gasteiger partial charge in [0.2, 0.25) is 10.0 Å². The predicted molar refractivity (Wildman–Crippen MR) is 82.7 cm³/mol. The van der Waals surface area contributed by atoms with Gasteiger partial charge in [-0.1, -0.05) is 6.07 Å². The molecule has 112 valence electrons. The summed E-state index contributed by atoms with van der Waals surface area (Å²) in [7, 11) is -3.43. The zero-order chi connectivity index (χ0) is 14.9. The van der Waals surface area contributed by atoms with Crippen LogP contribution < -0.4 is 10.0 Å². The summed E-state index contributed by atoms with van der Waals surface area (Å²) in [5.74, 6) is 0. The Hall–Kier alpha value is -1.28. The van der Waals surface area contributed by atoms with E-state index in [4.69, 9.17) is 0 Å². The third-order valence-electron chi connectivity index (χ3n) is 3.67. The normalized spacial score (nSPS) is 14.9. The molecular weight excluding hydrogens is 306 g/mol.